The number of hydrogen-bond acceptors (Lipinski definition) is 6. The van der Waals surface area contributed by atoms with Crippen molar-refractivity contribution in [1.29, 1.82) is 0 Å². The maximum atomic E-state index is 12.2. The van der Waals surface area contributed by atoms with Gasteiger partial charge in [0.25, 0.3) is 5.91 Å². The Labute approximate surface area is 131 Å². The number of nitrogens with zero attached hydrogens (tertiary/aromatic N) is 1. The fraction of sp³-hybridized carbons (Fsp3) is 0.333. The minimum Gasteiger partial charge on any atom is -0.297 e. The van der Waals surface area contributed by atoms with Gasteiger partial charge in [-0.2, -0.15) is 0 Å². The van der Waals surface area contributed by atoms with E-state index in [-0.39, 0.29) is 10.1 Å². The van der Waals surface area contributed by atoms with E-state index in [4.69, 9.17) is 5.14 Å². The van der Waals surface area contributed by atoms with Gasteiger partial charge in [-0.15, -0.1) is 22.7 Å². The second-order valence-electron chi connectivity index (χ2n) is 4.45. The molecule has 6 nitrogen and oxygen atoms in total. The van der Waals surface area contributed by atoms with Crippen LogP contribution in [0, 0.1) is 13.8 Å². The lowest BCUT2D eigenvalue weighted by Gasteiger charge is -1.99. The first-order valence-electron chi connectivity index (χ1n) is 6.13. The van der Waals surface area contributed by atoms with E-state index in [0.717, 1.165) is 28.3 Å². The minimum atomic E-state index is -3.79. The zero-order valence-corrected chi connectivity index (χ0v) is 14.2. The molecule has 0 aromatic carbocycles. The first kappa shape index (κ1) is 16.1. The molecule has 0 aliphatic rings. The molecule has 2 rings (SSSR count). The second-order valence-corrected chi connectivity index (χ2v) is 8.50. The molecule has 0 fully saturated rings. The molecule has 0 spiro atoms. The van der Waals surface area contributed by atoms with Crippen LogP contribution in [0.5, 0.6) is 0 Å². The van der Waals surface area contributed by atoms with Gasteiger partial charge in [0.1, 0.15) is 4.21 Å². The minimum absolute atomic E-state index is 0.0188. The summed E-state index contributed by atoms with van der Waals surface area (Å²) >= 11 is 2.26. The van der Waals surface area contributed by atoms with Gasteiger partial charge >= 0.3 is 0 Å². The van der Waals surface area contributed by atoms with Crippen molar-refractivity contribution in [3.63, 3.8) is 0 Å². The first-order valence-corrected chi connectivity index (χ1v) is 9.31. The number of nitrogens with one attached hydrogen (secondary N) is 1. The van der Waals surface area contributed by atoms with Crippen LogP contribution in [0.4, 0.5) is 5.13 Å². The number of nitrogens with two attached hydrogens (primary N) is 1. The van der Waals surface area contributed by atoms with Crippen molar-refractivity contribution in [3.05, 3.63) is 27.1 Å². The Morgan fingerprint density at radius 2 is 2.05 bits per heavy atom. The van der Waals surface area contributed by atoms with Crippen LogP contribution in [0.15, 0.2) is 10.3 Å². The normalized spacial score (nSPS) is 11.6. The van der Waals surface area contributed by atoms with Gasteiger partial charge in [-0.1, -0.05) is 6.92 Å². The largest absolute Gasteiger partial charge is 0.297 e. The topological polar surface area (TPSA) is 102 Å². The van der Waals surface area contributed by atoms with E-state index in [2.05, 4.69) is 10.3 Å². The Morgan fingerprint density at radius 3 is 2.52 bits per heavy atom. The monoisotopic (exact) mass is 345 g/mol. The van der Waals surface area contributed by atoms with E-state index in [0.29, 0.717) is 15.6 Å². The standard InChI is InChI=1S/C12H15N3O3S3/c1-4-8-7(3)19-12(14-8)15-11(16)10-6(2)5-9(20-10)21(13,17)18/h5H,4H2,1-3H3,(H2,13,17,18)(H,14,15,16). The summed E-state index contributed by atoms with van der Waals surface area (Å²) in [6.45, 7) is 5.61. The Balaban J connectivity index is 2.26. The van der Waals surface area contributed by atoms with Gasteiger partial charge in [0.15, 0.2) is 5.13 Å². The number of amides is 1. The lowest BCUT2D eigenvalue weighted by Crippen LogP contribution is -2.11. The van der Waals surface area contributed by atoms with Gasteiger partial charge in [-0.3, -0.25) is 10.1 Å². The molecule has 0 unspecified atom stereocenters. The number of thiazole rings is 1. The predicted octanol–water partition coefficient (Wildman–Crippen LogP) is 2.28. The highest BCUT2D eigenvalue weighted by Crippen LogP contribution is 2.27. The number of thiophene rings is 1. The van der Waals surface area contributed by atoms with Crippen molar-refractivity contribution < 1.29 is 13.2 Å². The number of rotatable bonds is 4. The summed E-state index contributed by atoms with van der Waals surface area (Å²) in [6.07, 6.45) is 0.797. The summed E-state index contributed by atoms with van der Waals surface area (Å²) in [4.78, 5) is 17.9. The third-order valence-electron chi connectivity index (χ3n) is 2.83. The van der Waals surface area contributed by atoms with Crippen molar-refractivity contribution in [3.8, 4) is 0 Å². The van der Waals surface area contributed by atoms with Crippen LogP contribution < -0.4 is 10.5 Å². The summed E-state index contributed by atoms with van der Waals surface area (Å²) in [5.74, 6) is -0.371. The van der Waals surface area contributed by atoms with Crippen molar-refractivity contribution in [1.82, 2.24) is 4.98 Å². The zero-order chi connectivity index (χ0) is 15.8. The van der Waals surface area contributed by atoms with E-state index in [1.807, 2.05) is 13.8 Å². The molecule has 3 N–H and O–H groups in total. The first-order chi connectivity index (χ1) is 9.72. The lowest BCUT2D eigenvalue weighted by atomic mass is 10.3. The van der Waals surface area contributed by atoms with E-state index < -0.39 is 10.0 Å². The molecule has 2 aromatic heterocycles. The van der Waals surface area contributed by atoms with Crippen LogP contribution in [0.1, 0.15) is 32.7 Å². The molecule has 0 atom stereocenters. The molecule has 21 heavy (non-hydrogen) atoms. The average molecular weight is 345 g/mol. The molecule has 0 aliphatic carbocycles. The van der Waals surface area contributed by atoms with Crippen molar-refractivity contribution >= 4 is 43.7 Å². The van der Waals surface area contributed by atoms with Gasteiger partial charge < -0.3 is 0 Å². The van der Waals surface area contributed by atoms with E-state index in [9.17, 15) is 13.2 Å². The van der Waals surface area contributed by atoms with Crippen LogP contribution in [0.25, 0.3) is 0 Å². The zero-order valence-electron chi connectivity index (χ0n) is 11.8. The van der Waals surface area contributed by atoms with Gasteiger partial charge in [-0.25, -0.2) is 18.5 Å². The van der Waals surface area contributed by atoms with Crippen LogP contribution in [0.2, 0.25) is 0 Å². The molecule has 0 saturated carbocycles. The number of primary sulfonamides is 1. The smallest absolute Gasteiger partial charge is 0.267 e. The highest BCUT2D eigenvalue weighted by Gasteiger charge is 2.20. The van der Waals surface area contributed by atoms with Crippen LogP contribution in [0.3, 0.4) is 0 Å². The Morgan fingerprint density at radius 1 is 1.38 bits per heavy atom. The summed E-state index contributed by atoms with van der Waals surface area (Å²) in [5.41, 5.74) is 1.52. The Bertz CT molecular complexity index is 790. The average Bonchev–Trinajstić information content (AvgIpc) is 2.92. The molecule has 1 amide bonds. The third kappa shape index (κ3) is 3.49. The highest BCUT2D eigenvalue weighted by molar-refractivity contribution is 7.91. The number of anilines is 1. The predicted molar refractivity (Wildman–Crippen MR) is 84.6 cm³/mol. The highest BCUT2D eigenvalue weighted by atomic mass is 32.2. The van der Waals surface area contributed by atoms with E-state index >= 15 is 0 Å². The molecule has 9 heteroatoms. The molecule has 0 radical (unpaired) electrons. The van der Waals surface area contributed by atoms with Crippen molar-refractivity contribution in [2.45, 2.75) is 31.4 Å². The summed E-state index contributed by atoms with van der Waals surface area (Å²) in [5, 5.41) is 8.29. The molecule has 2 aromatic rings. The second kappa shape index (κ2) is 5.84. The summed E-state index contributed by atoms with van der Waals surface area (Å²) in [7, 11) is -3.79. The van der Waals surface area contributed by atoms with Gasteiger partial charge in [0, 0.05) is 4.88 Å². The van der Waals surface area contributed by atoms with Crippen LogP contribution in [-0.4, -0.2) is 19.3 Å². The molecule has 0 bridgehead atoms. The van der Waals surface area contributed by atoms with Crippen LogP contribution in [-0.2, 0) is 16.4 Å². The number of sulfonamides is 1. The molecule has 0 aliphatic heterocycles. The van der Waals surface area contributed by atoms with Crippen LogP contribution >= 0.6 is 22.7 Å². The van der Waals surface area contributed by atoms with Crippen molar-refractivity contribution in [2.75, 3.05) is 5.32 Å². The number of hydrogen-bond donors (Lipinski definition) is 2. The Hall–Kier alpha value is -1.29. The van der Waals surface area contributed by atoms with E-state index in [1.54, 1.807) is 6.92 Å². The SMILES string of the molecule is CCc1nc(NC(=O)c2sc(S(N)(=O)=O)cc2C)sc1C. The third-order valence-corrected chi connectivity index (χ3v) is 6.41. The number of carbonyl (C=O) groups is 1. The summed E-state index contributed by atoms with van der Waals surface area (Å²) < 4.78 is 22.6. The molecule has 2 heterocycles. The Kier molecular flexibility index (Phi) is 4.47. The van der Waals surface area contributed by atoms with Gasteiger partial charge in [-0.05, 0) is 31.9 Å². The fourth-order valence-corrected chi connectivity index (χ4v) is 4.54. The maximum Gasteiger partial charge on any atom is 0.267 e. The summed E-state index contributed by atoms with van der Waals surface area (Å²) in [6, 6.07) is 1.40. The fourth-order valence-electron chi connectivity index (χ4n) is 1.78. The molecule has 0 saturated heterocycles. The number of carbonyl (C=O) groups excluding carboxylic acids is 1. The maximum absolute atomic E-state index is 12.2. The van der Waals surface area contributed by atoms with Gasteiger partial charge in [0.05, 0.1) is 10.6 Å². The van der Waals surface area contributed by atoms with Crippen molar-refractivity contribution in [2.24, 2.45) is 5.14 Å². The van der Waals surface area contributed by atoms with E-state index in [1.165, 1.54) is 17.4 Å². The molecular weight excluding hydrogens is 330 g/mol. The number of aryl methyl sites for hydroxylation is 3. The molecular formula is C12H15N3O3S3. The quantitative estimate of drug-likeness (QED) is 0.887. The molecule has 114 valence electrons. The lowest BCUT2D eigenvalue weighted by molar-refractivity contribution is 0.103. The number of aromatic nitrogens is 1. The van der Waals surface area contributed by atoms with Gasteiger partial charge in [0.2, 0.25) is 10.0 Å².